The molecule has 70 valence electrons. The van der Waals surface area contributed by atoms with Gasteiger partial charge in [-0.25, -0.2) is 4.79 Å². The van der Waals surface area contributed by atoms with E-state index < -0.39 is 0 Å². The summed E-state index contributed by atoms with van der Waals surface area (Å²) in [4.78, 5) is 17.1. The number of hydrogen-bond acceptors (Lipinski definition) is 2. The van der Waals surface area contributed by atoms with E-state index in [0.717, 1.165) is 26.2 Å². The van der Waals surface area contributed by atoms with Gasteiger partial charge in [0.2, 0.25) is 0 Å². The molecule has 0 spiro atoms. The number of nitrogens with zero attached hydrogens (tertiary/aromatic N) is 3. The largest absolute Gasteiger partial charge is 0.331 e. The van der Waals surface area contributed by atoms with Gasteiger partial charge in [0.15, 0.2) is 0 Å². The topological polar surface area (TPSA) is 26.8 Å². The maximum atomic E-state index is 11.5. The van der Waals surface area contributed by atoms with E-state index in [9.17, 15) is 4.79 Å². The molecule has 1 aliphatic rings. The molecule has 12 heavy (non-hydrogen) atoms. The second-order valence-electron chi connectivity index (χ2n) is 3.52. The molecule has 4 heteroatoms. The van der Waals surface area contributed by atoms with Crippen LogP contribution in [0.4, 0.5) is 4.79 Å². The monoisotopic (exact) mass is 171 g/mol. The molecule has 0 bridgehead atoms. The van der Waals surface area contributed by atoms with E-state index in [1.165, 1.54) is 0 Å². The van der Waals surface area contributed by atoms with Crippen LogP contribution in [-0.4, -0.2) is 61.6 Å². The van der Waals surface area contributed by atoms with Crippen LogP contribution in [0.1, 0.15) is 6.42 Å². The zero-order valence-corrected chi connectivity index (χ0v) is 8.08. The number of carbonyl (C=O) groups is 1. The Labute approximate surface area is 73.7 Å². The number of rotatable bonds is 0. The van der Waals surface area contributed by atoms with Gasteiger partial charge in [0.05, 0.1) is 6.67 Å². The molecule has 4 nitrogen and oxygen atoms in total. The molecule has 0 N–H and O–H groups in total. The molecule has 2 amide bonds. The highest BCUT2D eigenvalue weighted by Gasteiger charge is 2.20. The molecular weight excluding hydrogens is 154 g/mol. The Hall–Kier alpha value is -0.770. The Morgan fingerprint density at radius 3 is 2.50 bits per heavy atom. The van der Waals surface area contributed by atoms with Crippen LogP contribution in [0.3, 0.4) is 0 Å². The zero-order chi connectivity index (χ0) is 9.14. The summed E-state index contributed by atoms with van der Waals surface area (Å²) < 4.78 is 0. The average molecular weight is 171 g/mol. The molecule has 0 aromatic heterocycles. The fourth-order valence-electron chi connectivity index (χ4n) is 1.40. The van der Waals surface area contributed by atoms with Crippen molar-refractivity contribution in [2.24, 2.45) is 0 Å². The van der Waals surface area contributed by atoms with Crippen LogP contribution < -0.4 is 0 Å². The molecule has 0 aromatic rings. The van der Waals surface area contributed by atoms with E-state index >= 15 is 0 Å². The molecule has 1 aliphatic heterocycles. The molecule has 1 rings (SSSR count). The van der Waals surface area contributed by atoms with Crippen molar-refractivity contribution in [3.8, 4) is 0 Å². The lowest BCUT2D eigenvalue weighted by molar-refractivity contribution is 0.106. The van der Waals surface area contributed by atoms with Crippen molar-refractivity contribution in [1.82, 2.24) is 14.7 Å². The third-order valence-electron chi connectivity index (χ3n) is 2.03. The average Bonchev–Trinajstić information content (AvgIpc) is 2.03. The first kappa shape index (κ1) is 9.32. The van der Waals surface area contributed by atoms with Crippen molar-refractivity contribution in [1.29, 1.82) is 0 Å². The smallest absolute Gasteiger partial charge is 0.320 e. The molecule has 0 saturated carbocycles. The summed E-state index contributed by atoms with van der Waals surface area (Å²) in [5.41, 5.74) is 0. The van der Waals surface area contributed by atoms with Gasteiger partial charge in [-0.05, 0) is 13.5 Å². The number of hydrogen-bond donors (Lipinski definition) is 0. The van der Waals surface area contributed by atoms with Crippen molar-refractivity contribution in [2.45, 2.75) is 6.42 Å². The quantitative estimate of drug-likeness (QED) is 0.523. The van der Waals surface area contributed by atoms with Crippen molar-refractivity contribution in [3.63, 3.8) is 0 Å². The summed E-state index contributed by atoms with van der Waals surface area (Å²) in [6, 6.07) is 0.113. The minimum absolute atomic E-state index is 0.113. The molecule has 0 aromatic carbocycles. The Morgan fingerprint density at radius 1 is 1.33 bits per heavy atom. The second kappa shape index (κ2) is 3.76. The third-order valence-corrected chi connectivity index (χ3v) is 2.03. The predicted molar refractivity (Wildman–Crippen MR) is 47.9 cm³/mol. The highest BCUT2D eigenvalue weighted by molar-refractivity contribution is 5.73. The lowest BCUT2D eigenvalue weighted by atomic mass is 10.3. The summed E-state index contributed by atoms with van der Waals surface area (Å²) in [6.07, 6.45) is 1.08. The minimum atomic E-state index is 0.113. The number of carbonyl (C=O) groups excluding carboxylic acids is 1. The first-order chi connectivity index (χ1) is 5.61. The summed E-state index contributed by atoms with van der Waals surface area (Å²) >= 11 is 0. The normalized spacial score (nSPS) is 19.4. The lowest BCUT2D eigenvalue weighted by Gasteiger charge is -2.34. The van der Waals surface area contributed by atoms with Gasteiger partial charge in [0, 0.05) is 27.2 Å². The van der Waals surface area contributed by atoms with Gasteiger partial charge in [-0.2, -0.15) is 0 Å². The van der Waals surface area contributed by atoms with Gasteiger partial charge in [-0.1, -0.05) is 0 Å². The van der Waals surface area contributed by atoms with Crippen molar-refractivity contribution < 1.29 is 4.79 Å². The van der Waals surface area contributed by atoms with Gasteiger partial charge in [-0.15, -0.1) is 0 Å². The van der Waals surface area contributed by atoms with E-state index in [4.69, 9.17) is 0 Å². The van der Waals surface area contributed by atoms with Crippen LogP contribution in [0.15, 0.2) is 0 Å². The summed E-state index contributed by atoms with van der Waals surface area (Å²) in [5, 5.41) is 0. The van der Waals surface area contributed by atoms with E-state index in [0.29, 0.717) is 0 Å². The van der Waals surface area contributed by atoms with Crippen LogP contribution in [-0.2, 0) is 0 Å². The minimum Gasteiger partial charge on any atom is -0.331 e. The zero-order valence-electron chi connectivity index (χ0n) is 8.08. The standard InChI is InChI=1S/C8H17N3O/c1-9(2)8(12)11-6-4-5-10(3)7-11/h4-7H2,1-3H3. The first-order valence-electron chi connectivity index (χ1n) is 4.26. The van der Waals surface area contributed by atoms with Gasteiger partial charge in [-0.3, -0.25) is 4.90 Å². The number of amides is 2. The molecule has 0 radical (unpaired) electrons. The van der Waals surface area contributed by atoms with E-state index in [1.807, 2.05) is 11.9 Å². The first-order valence-corrected chi connectivity index (χ1v) is 4.26. The third kappa shape index (κ3) is 2.11. The summed E-state index contributed by atoms with van der Waals surface area (Å²) in [7, 11) is 5.61. The highest BCUT2D eigenvalue weighted by atomic mass is 16.2. The fourth-order valence-corrected chi connectivity index (χ4v) is 1.40. The maximum absolute atomic E-state index is 11.5. The summed E-state index contributed by atoms with van der Waals surface area (Å²) in [5.74, 6) is 0. The molecular formula is C8H17N3O. The van der Waals surface area contributed by atoms with Crippen LogP contribution in [0, 0.1) is 0 Å². The van der Waals surface area contributed by atoms with Gasteiger partial charge >= 0.3 is 6.03 Å². The van der Waals surface area contributed by atoms with Gasteiger partial charge < -0.3 is 9.80 Å². The van der Waals surface area contributed by atoms with Gasteiger partial charge in [0.1, 0.15) is 0 Å². The van der Waals surface area contributed by atoms with E-state index in [1.54, 1.807) is 19.0 Å². The Morgan fingerprint density at radius 2 is 2.00 bits per heavy atom. The molecule has 1 saturated heterocycles. The number of urea groups is 1. The Bertz CT molecular complexity index is 170. The fraction of sp³-hybridized carbons (Fsp3) is 0.875. The highest BCUT2D eigenvalue weighted by Crippen LogP contribution is 2.05. The van der Waals surface area contributed by atoms with E-state index in [-0.39, 0.29) is 6.03 Å². The van der Waals surface area contributed by atoms with Crippen LogP contribution in [0.25, 0.3) is 0 Å². The Balaban J connectivity index is 2.46. The lowest BCUT2D eigenvalue weighted by Crippen LogP contribution is -2.49. The summed E-state index contributed by atoms with van der Waals surface area (Å²) in [6.45, 7) is 2.75. The van der Waals surface area contributed by atoms with Crippen LogP contribution in [0.2, 0.25) is 0 Å². The van der Waals surface area contributed by atoms with Crippen molar-refractivity contribution in [2.75, 3.05) is 40.9 Å². The maximum Gasteiger partial charge on any atom is 0.320 e. The molecule has 1 fully saturated rings. The molecule has 0 aliphatic carbocycles. The molecule has 0 atom stereocenters. The molecule has 1 heterocycles. The Kier molecular flexibility index (Phi) is 2.92. The van der Waals surface area contributed by atoms with Gasteiger partial charge in [0.25, 0.3) is 0 Å². The van der Waals surface area contributed by atoms with Crippen molar-refractivity contribution >= 4 is 6.03 Å². The molecule has 0 unspecified atom stereocenters. The van der Waals surface area contributed by atoms with E-state index in [2.05, 4.69) is 4.90 Å². The van der Waals surface area contributed by atoms with Crippen molar-refractivity contribution in [3.05, 3.63) is 0 Å². The van der Waals surface area contributed by atoms with Crippen LogP contribution >= 0.6 is 0 Å². The van der Waals surface area contributed by atoms with Crippen LogP contribution in [0.5, 0.6) is 0 Å². The second-order valence-corrected chi connectivity index (χ2v) is 3.52. The predicted octanol–water partition coefficient (Wildman–Crippen LogP) is 0.263. The SMILES string of the molecule is CN1CCCN(C(=O)N(C)C)C1.